The summed E-state index contributed by atoms with van der Waals surface area (Å²) < 4.78 is 1.80. The number of hydrazone groups is 1. The van der Waals surface area contributed by atoms with Crippen molar-refractivity contribution < 1.29 is 19.8 Å². The lowest BCUT2D eigenvalue weighted by Gasteiger charge is -2.06. The highest BCUT2D eigenvalue weighted by atomic mass is 16.4. The molecule has 3 N–H and O–H groups in total. The Labute approximate surface area is 148 Å². The quantitative estimate of drug-likeness (QED) is 0.486. The molecule has 0 aliphatic heterocycles. The number of benzene rings is 2. The highest BCUT2D eigenvalue weighted by molar-refractivity contribution is 5.95. The van der Waals surface area contributed by atoms with Crippen LogP contribution in [-0.2, 0) is 0 Å². The molecule has 0 bridgehead atoms. The minimum Gasteiger partial charge on any atom is -0.508 e. The van der Waals surface area contributed by atoms with Crippen molar-refractivity contribution in [1.82, 2.24) is 9.99 Å². The van der Waals surface area contributed by atoms with E-state index in [-0.39, 0.29) is 11.3 Å². The van der Waals surface area contributed by atoms with Crippen molar-refractivity contribution in [2.24, 2.45) is 5.10 Å². The molecule has 3 aromatic rings. The third-order valence-corrected chi connectivity index (χ3v) is 3.64. The van der Waals surface area contributed by atoms with Crippen LogP contribution >= 0.6 is 0 Å². The maximum absolute atomic E-state index is 12.0. The van der Waals surface area contributed by atoms with Crippen molar-refractivity contribution in [1.29, 1.82) is 0 Å². The first-order valence-corrected chi connectivity index (χ1v) is 7.68. The van der Waals surface area contributed by atoms with Crippen molar-refractivity contribution in [2.75, 3.05) is 0 Å². The number of amides is 1. The average Bonchev–Trinajstić information content (AvgIpc) is 3.10. The zero-order chi connectivity index (χ0) is 18.5. The summed E-state index contributed by atoms with van der Waals surface area (Å²) in [5.41, 5.74) is 4.36. The Morgan fingerprint density at radius 1 is 1.00 bits per heavy atom. The highest BCUT2D eigenvalue weighted by Crippen LogP contribution is 2.13. The van der Waals surface area contributed by atoms with Gasteiger partial charge in [-0.25, -0.2) is 10.2 Å². The van der Waals surface area contributed by atoms with E-state index >= 15 is 0 Å². The van der Waals surface area contributed by atoms with Crippen LogP contribution in [0.4, 0.5) is 0 Å². The third-order valence-electron chi connectivity index (χ3n) is 3.64. The SMILES string of the molecule is O=C(O)c1ccc(-n2cccc2/C=N/NC(=O)c2cccc(O)c2)cc1. The van der Waals surface area contributed by atoms with E-state index in [9.17, 15) is 14.7 Å². The predicted octanol–water partition coefficient (Wildman–Crippen LogP) is 2.65. The van der Waals surface area contributed by atoms with Crippen LogP contribution < -0.4 is 5.43 Å². The van der Waals surface area contributed by atoms with Crippen molar-refractivity contribution in [3.8, 4) is 11.4 Å². The molecule has 0 atom stereocenters. The molecule has 2 aromatic carbocycles. The van der Waals surface area contributed by atoms with Crippen LogP contribution in [0.2, 0.25) is 0 Å². The summed E-state index contributed by atoms with van der Waals surface area (Å²) >= 11 is 0. The molecule has 3 rings (SSSR count). The molecule has 0 saturated heterocycles. The van der Waals surface area contributed by atoms with Gasteiger partial charge >= 0.3 is 5.97 Å². The molecule has 7 heteroatoms. The molecular formula is C19H15N3O4. The molecule has 1 heterocycles. The molecule has 1 amide bonds. The van der Waals surface area contributed by atoms with Gasteiger partial charge in [0.1, 0.15) is 5.75 Å². The van der Waals surface area contributed by atoms with E-state index in [2.05, 4.69) is 10.5 Å². The Kier molecular flexibility index (Phi) is 4.80. The summed E-state index contributed by atoms with van der Waals surface area (Å²) in [5, 5.41) is 22.3. The fourth-order valence-corrected chi connectivity index (χ4v) is 2.37. The predicted molar refractivity (Wildman–Crippen MR) is 95.9 cm³/mol. The highest BCUT2D eigenvalue weighted by Gasteiger charge is 2.06. The average molecular weight is 349 g/mol. The molecule has 0 saturated carbocycles. The second kappa shape index (κ2) is 7.35. The zero-order valence-electron chi connectivity index (χ0n) is 13.5. The van der Waals surface area contributed by atoms with Gasteiger partial charge in [-0.3, -0.25) is 4.79 Å². The Balaban J connectivity index is 1.73. The molecule has 7 nitrogen and oxygen atoms in total. The molecule has 0 unspecified atom stereocenters. The number of nitrogens with one attached hydrogen (secondary N) is 1. The fraction of sp³-hybridized carbons (Fsp3) is 0. The number of carbonyl (C=O) groups excluding carboxylic acids is 1. The standard InChI is InChI=1S/C19H15N3O4/c23-17-5-1-3-14(11-17)18(24)21-20-12-16-4-2-10-22(16)15-8-6-13(7-9-15)19(25)26/h1-12,23H,(H,21,24)(H,25,26)/b20-12+. The number of hydrogen-bond donors (Lipinski definition) is 3. The Morgan fingerprint density at radius 2 is 1.77 bits per heavy atom. The summed E-state index contributed by atoms with van der Waals surface area (Å²) in [6.07, 6.45) is 3.28. The van der Waals surface area contributed by atoms with Gasteiger partial charge in [0.05, 0.1) is 17.5 Å². The monoisotopic (exact) mass is 349 g/mol. The number of aromatic hydroxyl groups is 1. The minimum atomic E-state index is -0.986. The normalized spacial score (nSPS) is 10.8. The lowest BCUT2D eigenvalue weighted by molar-refractivity contribution is 0.0696. The molecule has 0 aliphatic carbocycles. The first-order valence-electron chi connectivity index (χ1n) is 7.68. The number of carboxylic acid groups (broad SMARTS) is 1. The zero-order valence-corrected chi connectivity index (χ0v) is 13.5. The van der Waals surface area contributed by atoms with Gasteiger partial charge in [0.15, 0.2) is 0 Å². The van der Waals surface area contributed by atoms with E-state index in [0.717, 1.165) is 5.69 Å². The minimum absolute atomic E-state index is 0.000291. The lowest BCUT2D eigenvalue weighted by atomic mass is 10.2. The van der Waals surface area contributed by atoms with Gasteiger partial charge in [-0.05, 0) is 54.6 Å². The third kappa shape index (κ3) is 3.78. The van der Waals surface area contributed by atoms with Crippen molar-refractivity contribution in [3.63, 3.8) is 0 Å². The van der Waals surface area contributed by atoms with Crippen molar-refractivity contribution in [3.05, 3.63) is 83.7 Å². The van der Waals surface area contributed by atoms with E-state index in [4.69, 9.17) is 5.11 Å². The van der Waals surface area contributed by atoms with Gasteiger partial charge in [-0.2, -0.15) is 5.10 Å². The van der Waals surface area contributed by atoms with Gasteiger partial charge in [-0.15, -0.1) is 0 Å². The Hall–Kier alpha value is -3.87. The van der Waals surface area contributed by atoms with Gasteiger partial charge in [0.2, 0.25) is 0 Å². The second-order valence-corrected chi connectivity index (χ2v) is 5.40. The van der Waals surface area contributed by atoms with E-state index in [0.29, 0.717) is 11.3 Å². The molecule has 1 aromatic heterocycles. The molecular weight excluding hydrogens is 334 g/mol. The number of carboxylic acids is 1. The summed E-state index contributed by atoms with van der Waals surface area (Å²) in [6.45, 7) is 0. The van der Waals surface area contributed by atoms with E-state index in [1.807, 2.05) is 6.07 Å². The largest absolute Gasteiger partial charge is 0.508 e. The number of rotatable bonds is 5. The molecule has 130 valence electrons. The van der Waals surface area contributed by atoms with Gasteiger partial charge in [0.25, 0.3) is 5.91 Å². The van der Waals surface area contributed by atoms with E-state index < -0.39 is 11.9 Å². The van der Waals surface area contributed by atoms with E-state index in [1.165, 1.54) is 30.5 Å². The van der Waals surface area contributed by atoms with Crippen LogP contribution in [0, 0.1) is 0 Å². The van der Waals surface area contributed by atoms with Gasteiger partial charge < -0.3 is 14.8 Å². The van der Waals surface area contributed by atoms with Crippen molar-refractivity contribution in [2.45, 2.75) is 0 Å². The smallest absolute Gasteiger partial charge is 0.335 e. The van der Waals surface area contributed by atoms with Crippen LogP contribution in [0.3, 0.4) is 0 Å². The fourth-order valence-electron chi connectivity index (χ4n) is 2.37. The maximum Gasteiger partial charge on any atom is 0.335 e. The molecule has 0 spiro atoms. The number of phenolic OH excluding ortho intramolecular Hbond substituents is 1. The first-order chi connectivity index (χ1) is 12.5. The van der Waals surface area contributed by atoms with Gasteiger partial charge in [-0.1, -0.05) is 6.07 Å². The van der Waals surface area contributed by atoms with Crippen LogP contribution in [0.15, 0.2) is 72.0 Å². The number of nitrogens with zero attached hydrogens (tertiary/aromatic N) is 2. The summed E-state index contributed by atoms with van der Waals surface area (Å²) in [5.74, 6) is -1.43. The van der Waals surface area contributed by atoms with Crippen molar-refractivity contribution >= 4 is 18.1 Å². The lowest BCUT2D eigenvalue weighted by Crippen LogP contribution is -2.17. The van der Waals surface area contributed by atoms with Crippen LogP contribution in [0.1, 0.15) is 26.4 Å². The number of aromatic carboxylic acids is 1. The maximum atomic E-state index is 12.0. The number of phenols is 1. The Morgan fingerprint density at radius 3 is 2.46 bits per heavy atom. The molecule has 0 radical (unpaired) electrons. The number of carbonyl (C=O) groups is 2. The van der Waals surface area contributed by atoms with E-state index in [1.54, 1.807) is 41.1 Å². The molecule has 0 fully saturated rings. The van der Waals surface area contributed by atoms with Crippen LogP contribution in [0.5, 0.6) is 5.75 Å². The molecule has 26 heavy (non-hydrogen) atoms. The van der Waals surface area contributed by atoms with Gasteiger partial charge in [0, 0.05) is 17.4 Å². The summed E-state index contributed by atoms with van der Waals surface area (Å²) in [6, 6.07) is 16.0. The summed E-state index contributed by atoms with van der Waals surface area (Å²) in [7, 11) is 0. The Bertz CT molecular complexity index is 974. The van der Waals surface area contributed by atoms with Crippen LogP contribution in [0.25, 0.3) is 5.69 Å². The number of hydrogen-bond acceptors (Lipinski definition) is 4. The summed E-state index contributed by atoms with van der Waals surface area (Å²) in [4.78, 5) is 22.9. The first kappa shape index (κ1) is 17.0. The second-order valence-electron chi connectivity index (χ2n) is 5.40. The molecule has 0 aliphatic rings. The number of aromatic nitrogens is 1. The van der Waals surface area contributed by atoms with Crippen LogP contribution in [-0.4, -0.2) is 32.9 Å². The topological polar surface area (TPSA) is 104 Å².